The summed E-state index contributed by atoms with van der Waals surface area (Å²) in [5, 5.41) is 2.99. The highest BCUT2D eigenvalue weighted by molar-refractivity contribution is 7.92. The van der Waals surface area contributed by atoms with Crippen LogP contribution in [0.3, 0.4) is 0 Å². The molecule has 8 nitrogen and oxygen atoms in total. The zero-order chi connectivity index (χ0) is 30.0. The van der Waals surface area contributed by atoms with Crippen LogP contribution in [-0.2, 0) is 32.6 Å². The summed E-state index contributed by atoms with van der Waals surface area (Å²) in [6.45, 7) is 5.94. The van der Waals surface area contributed by atoms with Gasteiger partial charge in [-0.2, -0.15) is 0 Å². The van der Waals surface area contributed by atoms with Crippen LogP contribution in [0.15, 0.2) is 72.8 Å². The fraction of sp³-hybridized carbons (Fsp3) is 0.375. The molecule has 41 heavy (non-hydrogen) atoms. The summed E-state index contributed by atoms with van der Waals surface area (Å²) in [4.78, 5) is 29.3. The molecular formula is C32H41N3O5S. The Morgan fingerprint density at radius 1 is 0.927 bits per heavy atom. The number of hydrogen-bond acceptors (Lipinski definition) is 5. The van der Waals surface area contributed by atoms with Crippen LogP contribution in [0.1, 0.15) is 42.0 Å². The fourth-order valence-corrected chi connectivity index (χ4v) is 5.57. The number of amides is 2. The lowest BCUT2D eigenvalue weighted by molar-refractivity contribution is -0.140. The minimum absolute atomic E-state index is 0.0964. The smallest absolute Gasteiger partial charge is 0.244 e. The lowest BCUT2D eigenvalue weighted by Crippen LogP contribution is -2.53. The van der Waals surface area contributed by atoms with Gasteiger partial charge in [0, 0.05) is 19.5 Å². The number of anilines is 1. The number of hydrogen-bond donors (Lipinski definition) is 1. The number of benzene rings is 3. The summed E-state index contributed by atoms with van der Waals surface area (Å²) < 4.78 is 32.5. The van der Waals surface area contributed by atoms with Crippen molar-refractivity contribution in [1.29, 1.82) is 0 Å². The number of sulfonamides is 1. The largest absolute Gasteiger partial charge is 0.497 e. The Kier molecular flexibility index (Phi) is 11.3. The molecule has 2 amide bonds. The second-order valence-electron chi connectivity index (χ2n) is 10.3. The first-order valence-electron chi connectivity index (χ1n) is 13.8. The summed E-state index contributed by atoms with van der Waals surface area (Å²) in [6.07, 6.45) is 3.08. The van der Waals surface area contributed by atoms with Crippen LogP contribution in [0.4, 0.5) is 5.69 Å². The first-order valence-corrected chi connectivity index (χ1v) is 15.7. The number of methoxy groups -OCH3 is 1. The third kappa shape index (κ3) is 9.35. The normalized spacial score (nSPS) is 11.9. The highest BCUT2D eigenvalue weighted by Crippen LogP contribution is 2.23. The molecule has 0 aliphatic carbocycles. The van der Waals surface area contributed by atoms with Crippen molar-refractivity contribution in [3.63, 3.8) is 0 Å². The number of ether oxygens (including phenoxy) is 1. The van der Waals surface area contributed by atoms with Gasteiger partial charge in [0.15, 0.2) is 0 Å². The maximum absolute atomic E-state index is 14.2. The molecule has 0 aliphatic heterocycles. The van der Waals surface area contributed by atoms with E-state index < -0.39 is 28.5 Å². The minimum atomic E-state index is -3.82. The van der Waals surface area contributed by atoms with Crippen LogP contribution in [0.25, 0.3) is 0 Å². The van der Waals surface area contributed by atoms with Crippen molar-refractivity contribution < 1.29 is 22.7 Å². The number of unbranched alkanes of at least 4 members (excludes halogenated alkanes) is 1. The van der Waals surface area contributed by atoms with Crippen molar-refractivity contribution in [1.82, 2.24) is 10.2 Å². The molecule has 3 rings (SSSR count). The molecule has 0 saturated heterocycles. The minimum Gasteiger partial charge on any atom is -0.497 e. The standard InChI is InChI=1S/C32H41N3O5S/c1-6-7-16-33-32(37)30(21-26-12-9-8-10-13-26)34(22-27-14-11-15-29(20-27)40-4)31(36)23-35(41(5,38)39)28-18-24(2)17-25(3)19-28/h8-15,17-20,30H,6-7,16,21-23H2,1-5H3,(H,33,37). The zero-order valence-corrected chi connectivity index (χ0v) is 25.4. The van der Waals surface area contributed by atoms with Gasteiger partial charge < -0.3 is 15.0 Å². The molecule has 0 bridgehead atoms. The second-order valence-corrected chi connectivity index (χ2v) is 12.2. The van der Waals surface area contributed by atoms with Crippen LogP contribution in [0, 0.1) is 13.8 Å². The van der Waals surface area contributed by atoms with Gasteiger partial charge in [0.2, 0.25) is 21.8 Å². The van der Waals surface area contributed by atoms with Gasteiger partial charge in [0.05, 0.1) is 19.1 Å². The molecule has 0 radical (unpaired) electrons. The Hall–Kier alpha value is -3.85. The SMILES string of the molecule is CCCCNC(=O)C(Cc1ccccc1)N(Cc1cccc(OC)c1)C(=O)CN(c1cc(C)cc(C)c1)S(C)(=O)=O. The molecule has 0 saturated carbocycles. The maximum Gasteiger partial charge on any atom is 0.244 e. The fourth-order valence-electron chi connectivity index (χ4n) is 4.74. The molecule has 1 atom stereocenters. The highest BCUT2D eigenvalue weighted by Gasteiger charge is 2.33. The molecule has 0 aromatic heterocycles. The Bertz CT molecular complexity index is 1410. The van der Waals surface area contributed by atoms with Gasteiger partial charge in [-0.1, -0.05) is 61.9 Å². The molecule has 9 heteroatoms. The van der Waals surface area contributed by atoms with Gasteiger partial charge in [-0.15, -0.1) is 0 Å². The molecule has 3 aromatic rings. The summed E-state index contributed by atoms with van der Waals surface area (Å²) >= 11 is 0. The molecule has 0 aliphatic rings. The first-order chi connectivity index (χ1) is 19.5. The van der Waals surface area contributed by atoms with E-state index in [1.807, 2.05) is 75.4 Å². The van der Waals surface area contributed by atoms with Gasteiger partial charge >= 0.3 is 0 Å². The van der Waals surface area contributed by atoms with Crippen LogP contribution in [-0.4, -0.2) is 57.6 Å². The summed E-state index contributed by atoms with van der Waals surface area (Å²) in [5.41, 5.74) is 3.82. The van der Waals surface area contributed by atoms with Crippen LogP contribution in [0.5, 0.6) is 5.75 Å². The van der Waals surface area contributed by atoms with E-state index in [-0.39, 0.29) is 18.9 Å². The predicted molar refractivity (Wildman–Crippen MR) is 164 cm³/mol. The van der Waals surface area contributed by atoms with Gasteiger partial charge in [0.1, 0.15) is 18.3 Å². The maximum atomic E-state index is 14.2. The van der Waals surface area contributed by atoms with E-state index in [1.165, 1.54) is 4.90 Å². The molecule has 1 unspecified atom stereocenters. The average Bonchev–Trinajstić information content (AvgIpc) is 2.93. The third-order valence-electron chi connectivity index (χ3n) is 6.76. The molecule has 220 valence electrons. The lowest BCUT2D eigenvalue weighted by Gasteiger charge is -2.33. The van der Waals surface area contributed by atoms with Crippen molar-refractivity contribution in [2.45, 2.75) is 52.6 Å². The Morgan fingerprint density at radius 3 is 2.20 bits per heavy atom. The highest BCUT2D eigenvalue weighted by atomic mass is 32.2. The predicted octanol–water partition coefficient (Wildman–Crippen LogP) is 4.63. The summed E-state index contributed by atoms with van der Waals surface area (Å²) in [7, 11) is -2.26. The number of carbonyl (C=O) groups excluding carboxylic acids is 2. The van der Waals surface area contributed by atoms with E-state index >= 15 is 0 Å². The van der Waals surface area contributed by atoms with E-state index in [0.717, 1.165) is 45.7 Å². The molecule has 0 heterocycles. The third-order valence-corrected chi connectivity index (χ3v) is 7.90. The Morgan fingerprint density at radius 2 is 1.59 bits per heavy atom. The monoisotopic (exact) mass is 579 g/mol. The molecule has 0 fully saturated rings. The van der Waals surface area contributed by atoms with E-state index in [1.54, 1.807) is 25.3 Å². The number of carbonyl (C=O) groups is 2. The summed E-state index contributed by atoms with van der Waals surface area (Å²) in [6, 6.07) is 21.4. The van der Waals surface area contributed by atoms with Gasteiger partial charge in [-0.3, -0.25) is 13.9 Å². The molecule has 3 aromatic carbocycles. The molecule has 0 spiro atoms. The van der Waals surface area contributed by atoms with Crippen LogP contribution in [0.2, 0.25) is 0 Å². The van der Waals surface area contributed by atoms with Crippen LogP contribution >= 0.6 is 0 Å². The van der Waals surface area contributed by atoms with Gasteiger partial charge in [-0.25, -0.2) is 8.42 Å². The van der Waals surface area contributed by atoms with Crippen molar-refractivity contribution in [3.05, 3.63) is 95.1 Å². The van der Waals surface area contributed by atoms with E-state index in [4.69, 9.17) is 4.74 Å². The van der Waals surface area contributed by atoms with Crippen molar-refractivity contribution >= 4 is 27.5 Å². The molecule has 1 N–H and O–H groups in total. The average molecular weight is 580 g/mol. The Labute approximate surface area is 244 Å². The quantitative estimate of drug-likeness (QED) is 0.281. The van der Waals surface area contributed by atoms with E-state index in [9.17, 15) is 18.0 Å². The number of nitrogens with one attached hydrogen (secondary N) is 1. The molecular weight excluding hydrogens is 538 g/mol. The Balaban J connectivity index is 2.06. The number of aryl methyl sites for hydroxylation is 2. The first kappa shape index (κ1) is 31.7. The number of nitrogens with zero attached hydrogens (tertiary/aromatic N) is 2. The summed E-state index contributed by atoms with van der Waals surface area (Å²) in [5.74, 6) is -0.144. The van der Waals surface area contributed by atoms with Crippen molar-refractivity contribution in [3.8, 4) is 5.75 Å². The number of rotatable bonds is 14. The van der Waals surface area contributed by atoms with Crippen molar-refractivity contribution in [2.75, 3.05) is 30.8 Å². The second kappa shape index (κ2) is 14.7. The van der Waals surface area contributed by atoms with E-state index in [2.05, 4.69) is 5.32 Å². The van der Waals surface area contributed by atoms with Gasteiger partial charge in [-0.05, 0) is 66.8 Å². The van der Waals surface area contributed by atoms with Crippen molar-refractivity contribution in [2.24, 2.45) is 0 Å². The lowest BCUT2D eigenvalue weighted by atomic mass is 10.0. The van der Waals surface area contributed by atoms with Crippen LogP contribution < -0.4 is 14.4 Å². The topological polar surface area (TPSA) is 96.0 Å². The van der Waals surface area contributed by atoms with E-state index in [0.29, 0.717) is 18.0 Å². The van der Waals surface area contributed by atoms with Gasteiger partial charge in [0.25, 0.3) is 0 Å². The zero-order valence-electron chi connectivity index (χ0n) is 24.6.